The number of esters is 4. The Morgan fingerprint density at radius 1 is 0.517 bits per heavy atom. The number of aliphatic hydroxyl groups is 2. The molecule has 6 heterocycles. The molecule has 6 saturated heterocycles. The van der Waals surface area contributed by atoms with E-state index in [2.05, 4.69) is 0 Å². The van der Waals surface area contributed by atoms with Crippen LogP contribution in [0.2, 0.25) is 0 Å². The lowest BCUT2D eigenvalue weighted by Crippen LogP contribution is -2.39. The summed E-state index contributed by atoms with van der Waals surface area (Å²) in [5, 5.41) is 58.7. The van der Waals surface area contributed by atoms with E-state index >= 15 is 0 Å². The number of carboxylic acid groups (broad SMARTS) is 4. The molecule has 3 unspecified atom stereocenters. The van der Waals surface area contributed by atoms with Crippen LogP contribution in [0.25, 0.3) is 0 Å². The highest BCUT2D eigenvalue weighted by molar-refractivity contribution is 6.01. The summed E-state index contributed by atoms with van der Waals surface area (Å²) in [4.78, 5) is 99.7. The van der Waals surface area contributed by atoms with Crippen molar-refractivity contribution in [1.82, 2.24) is 0 Å². The van der Waals surface area contributed by atoms with Gasteiger partial charge in [0.05, 0.1) is 82.2 Å². The fourth-order valence-electron chi connectivity index (χ4n) is 7.67. The molecule has 320 valence electrons. The van der Waals surface area contributed by atoms with Crippen molar-refractivity contribution in [2.45, 2.75) is 92.5 Å². The Hall–Kier alpha value is -4.82. The SMILES string of the molecule is O=C(O)CC(C(=O)O[C@@H]1CO[C@H]2[C@@H]1OC[C@H]2O)/C(=C/C(=O)O[C@@H]1CO[C@H]2[C@@H]1OC[C@H]2OC(=O)CC(C(=O)O)C(CC(=O)O[C@H]1CO[C@H]2[C@@H]1OC[C@H]2O)C(=O)O)C(=O)O. The van der Waals surface area contributed by atoms with E-state index in [-0.39, 0.29) is 39.6 Å². The van der Waals surface area contributed by atoms with Crippen LogP contribution in [0.3, 0.4) is 0 Å². The summed E-state index contributed by atoms with van der Waals surface area (Å²) < 4.78 is 53.8. The molecule has 58 heavy (non-hydrogen) atoms. The highest BCUT2D eigenvalue weighted by Crippen LogP contribution is 2.34. The first-order valence-corrected chi connectivity index (χ1v) is 18.0. The first-order chi connectivity index (χ1) is 27.5. The van der Waals surface area contributed by atoms with Crippen molar-refractivity contribution in [1.29, 1.82) is 0 Å². The van der Waals surface area contributed by atoms with Gasteiger partial charge in [-0.25, -0.2) is 9.59 Å². The standard InChI is InChI=1S/C34H40O24/c35-15-5-49-27-17(7-51-25(15)27)55-22(39)2-11(31(42)43)12(32(44)45)3-23(40)56-18-8-53-30-19(9-54-29(18)30)57-24(41)4-13(33(46)47)14(1-21(37)38)34(48)58-20-10-52-26-16(36)6-50-28(20)26/h4,11-12,14-20,25-30,35-36H,1-3,5-10H2,(H,37,38)(H,42,43)(H,44,45)(H,46,47)/b13-4-/t11?,12?,14?,15-,16-,17+,18-,19-,20-,25-,26-,27-,28-,29-,30-/m1/s1. The number of aliphatic hydroxyl groups excluding tert-OH is 2. The molecular formula is C34H40O24. The molecule has 6 rings (SSSR count). The van der Waals surface area contributed by atoms with Crippen molar-refractivity contribution in [3.63, 3.8) is 0 Å². The fourth-order valence-corrected chi connectivity index (χ4v) is 7.67. The minimum atomic E-state index is -2.00. The summed E-state index contributed by atoms with van der Waals surface area (Å²) in [6, 6.07) is 0. The van der Waals surface area contributed by atoms with E-state index in [4.69, 9.17) is 47.4 Å². The van der Waals surface area contributed by atoms with E-state index in [1.54, 1.807) is 0 Å². The molecule has 6 aliphatic rings. The van der Waals surface area contributed by atoms with Crippen molar-refractivity contribution in [3.05, 3.63) is 11.6 Å². The number of carbonyl (C=O) groups is 8. The summed E-state index contributed by atoms with van der Waals surface area (Å²) >= 11 is 0. The maximum Gasteiger partial charge on any atom is 0.332 e. The molecule has 0 aromatic rings. The van der Waals surface area contributed by atoms with Gasteiger partial charge < -0.3 is 78.0 Å². The predicted octanol–water partition coefficient (Wildman–Crippen LogP) is -3.97. The normalized spacial score (nSPS) is 35.2. The van der Waals surface area contributed by atoms with Crippen LogP contribution >= 0.6 is 0 Å². The van der Waals surface area contributed by atoms with Gasteiger partial charge in [0.2, 0.25) is 0 Å². The first-order valence-electron chi connectivity index (χ1n) is 18.0. The second-order valence-corrected chi connectivity index (χ2v) is 14.3. The Morgan fingerprint density at radius 2 is 0.897 bits per heavy atom. The van der Waals surface area contributed by atoms with Crippen molar-refractivity contribution in [2.24, 2.45) is 17.8 Å². The topological polar surface area (TPSA) is 350 Å². The Bertz CT molecular complexity index is 1680. The van der Waals surface area contributed by atoms with E-state index in [0.29, 0.717) is 6.08 Å². The van der Waals surface area contributed by atoms with Crippen LogP contribution in [-0.4, -0.2) is 191 Å². The van der Waals surface area contributed by atoms with Crippen LogP contribution in [0.5, 0.6) is 0 Å². The van der Waals surface area contributed by atoms with E-state index in [1.807, 2.05) is 0 Å². The third-order valence-corrected chi connectivity index (χ3v) is 10.5. The molecule has 0 aromatic heterocycles. The van der Waals surface area contributed by atoms with Gasteiger partial charge in [0.25, 0.3) is 0 Å². The second kappa shape index (κ2) is 18.0. The number of aliphatic carboxylic acids is 4. The number of ether oxygens (including phenoxy) is 10. The lowest BCUT2D eigenvalue weighted by molar-refractivity contribution is -0.167. The third-order valence-electron chi connectivity index (χ3n) is 10.5. The lowest BCUT2D eigenvalue weighted by Gasteiger charge is -2.22. The van der Waals surface area contributed by atoms with Gasteiger partial charge in [-0.3, -0.25) is 28.8 Å². The van der Waals surface area contributed by atoms with Crippen LogP contribution in [-0.2, 0) is 85.7 Å². The zero-order valence-corrected chi connectivity index (χ0v) is 30.1. The Balaban J connectivity index is 1.03. The Morgan fingerprint density at radius 3 is 1.31 bits per heavy atom. The maximum atomic E-state index is 13.1. The van der Waals surface area contributed by atoms with Gasteiger partial charge in [-0.05, 0) is 0 Å². The minimum Gasteiger partial charge on any atom is -0.481 e. The van der Waals surface area contributed by atoms with Gasteiger partial charge in [-0.2, -0.15) is 0 Å². The maximum absolute atomic E-state index is 13.1. The molecule has 24 heteroatoms. The highest BCUT2D eigenvalue weighted by Gasteiger charge is 2.53. The molecule has 15 atom stereocenters. The summed E-state index contributed by atoms with van der Waals surface area (Å²) in [7, 11) is 0. The molecule has 6 aliphatic heterocycles. The van der Waals surface area contributed by atoms with Crippen LogP contribution in [0, 0.1) is 17.8 Å². The molecule has 6 fully saturated rings. The monoisotopic (exact) mass is 832 g/mol. The van der Waals surface area contributed by atoms with E-state index < -0.39 is 164 Å². The molecule has 0 aromatic carbocycles. The average molecular weight is 833 g/mol. The number of carboxylic acids is 4. The Labute approximate surface area is 325 Å². The molecule has 0 bridgehead atoms. The number of rotatable bonds is 17. The van der Waals surface area contributed by atoms with E-state index in [0.717, 1.165) is 0 Å². The molecule has 0 aliphatic carbocycles. The minimum absolute atomic E-state index is 0.0704. The number of hydrogen-bond acceptors (Lipinski definition) is 20. The highest BCUT2D eigenvalue weighted by atomic mass is 16.7. The van der Waals surface area contributed by atoms with Gasteiger partial charge in [-0.15, -0.1) is 0 Å². The summed E-state index contributed by atoms with van der Waals surface area (Å²) in [6.07, 6.45) is -14.7. The quantitative estimate of drug-likeness (QED) is 0.0462. The summed E-state index contributed by atoms with van der Waals surface area (Å²) in [5.41, 5.74) is -0.986. The molecular weight excluding hydrogens is 792 g/mol. The Kier molecular flexibility index (Phi) is 13.3. The van der Waals surface area contributed by atoms with E-state index in [9.17, 15) is 69.0 Å². The van der Waals surface area contributed by atoms with Gasteiger partial charge in [0, 0.05) is 6.08 Å². The van der Waals surface area contributed by atoms with Crippen LogP contribution in [0.4, 0.5) is 0 Å². The van der Waals surface area contributed by atoms with Crippen LogP contribution < -0.4 is 0 Å². The van der Waals surface area contributed by atoms with Gasteiger partial charge in [0.15, 0.2) is 24.4 Å². The van der Waals surface area contributed by atoms with Crippen molar-refractivity contribution in [3.8, 4) is 0 Å². The smallest absolute Gasteiger partial charge is 0.332 e. The fraction of sp³-hybridized carbons (Fsp3) is 0.706. The molecule has 24 nitrogen and oxygen atoms in total. The van der Waals surface area contributed by atoms with Crippen molar-refractivity contribution >= 4 is 47.8 Å². The van der Waals surface area contributed by atoms with Gasteiger partial charge >= 0.3 is 47.8 Å². The zero-order chi connectivity index (χ0) is 42.0. The predicted molar refractivity (Wildman–Crippen MR) is 173 cm³/mol. The van der Waals surface area contributed by atoms with Crippen molar-refractivity contribution < 1.29 is 116 Å². The van der Waals surface area contributed by atoms with Gasteiger partial charge in [0.1, 0.15) is 48.8 Å². The summed E-state index contributed by atoms with van der Waals surface area (Å²) in [5.74, 6) is -17.8. The van der Waals surface area contributed by atoms with Gasteiger partial charge in [-0.1, -0.05) is 0 Å². The van der Waals surface area contributed by atoms with Crippen LogP contribution in [0.15, 0.2) is 11.6 Å². The molecule has 0 saturated carbocycles. The number of carbonyl (C=O) groups excluding carboxylic acids is 4. The second-order valence-electron chi connectivity index (χ2n) is 14.3. The van der Waals surface area contributed by atoms with Crippen molar-refractivity contribution in [2.75, 3.05) is 39.6 Å². The molecule has 0 spiro atoms. The van der Waals surface area contributed by atoms with E-state index in [1.165, 1.54) is 0 Å². The molecule has 6 N–H and O–H groups in total. The molecule has 0 amide bonds. The number of fused-ring (bicyclic) bond motifs is 3. The third kappa shape index (κ3) is 9.39. The largest absolute Gasteiger partial charge is 0.481 e. The van der Waals surface area contributed by atoms with Crippen LogP contribution in [0.1, 0.15) is 19.3 Å². The molecule has 0 radical (unpaired) electrons. The number of hydrogen-bond donors (Lipinski definition) is 6. The lowest BCUT2D eigenvalue weighted by atomic mass is 9.87. The average Bonchev–Trinajstić information content (AvgIpc) is 4.00. The summed E-state index contributed by atoms with van der Waals surface area (Å²) in [6.45, 7) is -1.30. The first kappa shape index (κ1) is 42.8. The zero-order valence-electron chi connectivity index (χ0n) is 30.1.